The van der Waals surface area contributed by atoms with Crippen molar-refractivity contribution in [3.05, 3.63) is 81.3 Å². The molecular weight excluding hydrogens is 376 g/mol. The Hall–Kier alpha value is -3.12. The standard InChI is InChI=1S/C24H28N4O2/c1-5-21-18(3)25-24-27(20-12-10-17(2)11-13-20)15-26(16-28(24)23(21)29)14-19-8-6-7-9-22(19)30-4/h6-13H,5,14-16H2,1-4H3. The van der Waals surface area contributed by atoms with Crippen molar-refractivity contribution in [3.8, 4) is 5.75 Å². The molecule has 0 saturated heterocycles. The molecule has 0 unspecified atom stereocenters. The highest BCUT2D eigenvalue weighted by molar-refractivity contribution is 5.59. The van der Waals surface area contributed by atoms with Gasteiger partial charge in [0, 0.05) is 29.1 Å². The third-order valence-corrected chi connectivity index (χ3v) is 5.66. The van der Waals surface area contributed by atoms with E-state index < -0.39 is 0 Å². The van der Waals surface area contributed by atoms with E-state index in [0.717, 1.165) is 28.3 Å². The van der Waals surface area contributed by atoms with Gasteiger partial charge in [0.2, 0.25) is 5.95 Å². The zero-order valence-corrected chi connectivity index (χ0v) is 18.1. The second kappa shape index (κ2) is 8.32. The van der Waals surface area contributed by atoms with Crippen LogP contribution in [0, 0.1) is 13.8 Å². The molecular formula is C24H28N4O2. The number of aromatic nitrogens is 2. The molecule has 156 valence electrons. The van der Waals surface area contributed by atoms with Crippen LogP contribution < -0.4 is 15.2 Å². The first kappa shape index (κ1) is 20.2. The highest BCUT2D eigenvalue weighted by atomic mass is 16.5. The van der Waals surface area contributed by atoms with E-state index in [4.69, 9.17) is 9.72 Å². The molecule has 4 rings (SSSR count). The average molecular weight is 405 g/mol. The summed E-state index contributed by atoms with van der Waals surface area (Å²) < 4.78 is 7.33. The van der Waals surface area contributed by atoms with Gasteiger partial charge in [-0.3, -0.25) is 19.2 Å². The molecule has 0 aliphatic carbocycles. The lowest BCUT2D eigenvalue weighted by Crippen LogP contribution is -2.47. The number of anilines is 2. The average Bonchev–Trinajstić information content (AvgIpc) is 2.75. The van der Waals surface area contributed by atoms with Crippen molar-refractivity contribution in [1.29, 1.82) is 0 Å². The topological polar surface area (TPSA) is 50.6 Å². The summed E-state index contributed by atoms with van der Waals surface area (Å²) in [5, 5.41) is 0. The zero-order valence-electron chi connectivity index (χ0n) is 18.1. The van der Waals surface area contributed by atoms with Crippen molar-refractivity contribution < 1.29 is 4.74 Å². The summed E-state index contributed by atoms with van der Waals surface area (Å²) >= 11 is 0. The highest BCUT2D eigenvalue weighted by Crippen LogP contribution is 2.29. The maximum Gasteiger partial charge on any atom is 0.259 e. The lowest BCUT2D eigenvalue weighted by molar-refractivity contribution is 0.187. The van der Waals surface area contributed by atoms with E-state index in [2.05, 4.69) is 47.1 Å². The quantitative estimate of drug-likeness (QED) is 0.643. The summed E-state index contributed by atoms with van der Waals surface area (Å²) in [6.45, 7) is 7.81. The minimum atomic E-state index is 0.0434. The molecule has 0 bridgehead atoms. The van der Waals surface area contributed by atoms with Crippen molar-refractivity contribution in [2.24, 2.45) is 0 Å². The zero-order chi connectivity index (χ0) is 21.3. The van der Waals surface area contributed by atoms with Crippen LogP contribution in [0.5, 0.6) is 5.75 Å². The van der Waals surface area contributed by atoms with Crippen molar-refractivity contribution in [3.63, 3.8) is 0 Å². The Morgan fingerprint density at radius 1 is 1.03 bits per heavy atom. The molecule has 0 fully saturated rings. The second-order valence-corrected chi connectivity index (χ2v) is 7.75. The number of hydrogen-bond acceptors (Lipinski definition) is 5. The van der Waals surface area contributed by atoms with E-state index >= 15 is 0 Å². The molecule has 1 aliphatic rings. The third-order valence-electron chi connectivity index (χ3n) is 5.66. The van der Waals surface area contributed by atoms with Gasteiger partial charge < -0.3 is 4.74 Å². The molecule has 0 atom stereocenters. The van der Waals surface area contributed by atoms with Crippen molar-refractivity contribution in [1.82, 2.24) is 14.5 Å². The van der Waals surface area contributed by atoms with Crippen LogP contribution >= 0.6 is 0 Å². The third kappa shape index (κ3) is 3.71. The van der Waals surface area contributed by atoms with Gasteiger partial charge in [-0.15, -0.1) is 0 Å². The van der Waals surface area contributed by atoms with Crippen LogP contribution in [0.2, 0.25) is 0 Å². The smallest absolute Gasteiger partial charge is 0.259 e. The number of fused-ring (bicyclic) bond motifs is 1. The number of benzene rings is 2. The van der Waals surface area contributed by atoms with Gasteiger partial charge >= 0.3 is 0 Å². The van der Waals surface area contributed by atoms with Crippen LogP contribution in [0.25, 0.3) is 0 Å². The molecule has 2 heterocycles. The molecule has 6 heteroatoms. The van der Waals surface area contributed by atoms with Crippen LogP contribution in [0.3, 0.4) is 0 Å². The Balaban J connectivity index is 1.78. The van der Waals surface area contributed by atoms with E-state index in [1.165, 1.54) is 5.56 Å². The van der Waals surface area contributed by atoms with Crippen molar-refractivity contribution >= 4 is 11.6 Å². The van der Waals surface area contributed by atoms with E-state index in [-0.39, 0.29) is 5.56 Å². The highest BCUT2D eigenvalue weighted by Gasteiger charge is 2.28. The number of hydrogen-bond donors (Lipinski definition) is 0. The van der Waals surface area contributed by atoms with E-state index in [1.807, 2.05) is 32.0 Å². The SMILES string of the molecule is CCc1c(C)nc2n(c1=O)CN(Cc1ccccc1OC)CN2c1ccc(C)cc1. The first-order chi connectivity index (χ1) is 14.5. The number of ether oxygens (including phenoxy) is 1. The summed E-state index contributed by atoms with van der Waals surface area (Å²) in [6.07, 6.45) is 0.676. The first-order valence-corrected chi connectivity index (χ1v) is 10.3. The van der Waals surface area contributed by atoms with Gasteiger partial charge in [0.15, 0.2) is 0 Å². The summed E-state index contributed by atoms with van der Waals surface area (Å²) in [5.41, 5.74) is 4.95. The maximum atomic E-state index is 13.3. The minimum Gasteiger partial charge on any atom is -0.496 e. The number of nitrogens with zero attached hydrogens (tertiary/aromatic N) is 4. The molecule has 0 saturated carbocycles. The molecule has 3 aromatic rings. The number of methoxy groups -OCH3 is 1. The minimum absolute atomic E-state index is 0.0434. The van der Waals surface area contributed by atoms with Crippen LogP contribution in [0.4, 0.5) is 11.6 Å². The predicted molar refractivity (Wildman–Crippen MR) is 119 cm³/mol. The summed E-state index contributed by atoms with van der Waals surface area (Å²) in [6, 6.07) is 16.4. The lowest BCUT2D eigenvalue weighted by atomic mass is 10.1. The Kier molecular flexibility index (Phi) is 5.59. The molecule has 0 N–H and O–H groups in total. The molecule has 2 aromatic carbocycles. The Morgan fingerprint density at radius 3 is 2.47 bits per heavy atom. The van der Waals surface area contributed by atoms with Gasteiger partial charge in [0.25, 0.3) is 5.56 Å². The summed E-state index contributed by atoms with van der Waals surface area (Å²) in [7, 11) is 1.69. The molecule has 1 aliphatic heterocycles. The van der Waals surface area contributed by atoms with Crippen LogP contribution in [-0.2, 0) is 19.6 Å². The van der Waals surface area contributed by atoms with Crippen molar-refractivity contribution in [2.75, 3.05) is 18.7 Å². The largest absolute Gasteiger partial charge is 0.496 e. The summed E-state index contributed by atoms with van der Waals surface area (Å²) in [4.78, 5) is 22.5. The van der Waals surface area contributed by atoms with Gasteiger partial charge in [-0.2, -0.15) is 0 Å². The second-order valence-electron chi connectivity index (χ2n) is 7.75. The van der Waals surface area contributed by atoms with E-state index in [0.29, 0.717) is 32.3 Å². The number of aryl methyl sites for hydroxylation is 2. The fourth-order valence-electron chi connectivity index (χ4n) is 4.03. The van der Waals surface area contributed by atoms with E-state index in [9.17, 15) is 4.79 Å². The Morgan fingerprint density at radius 2 is 1.77 bits per heavy atom. The normalized spacial score (nSPS) is 13.9. The van der Waals surface area contributed by atoms with Gasteiger partial charge in [-0.1, -0.05) is 42.8 Å². The maximum absolute atomic E-state index is 13.3. The lowest BCUT2D eigenvalue weighted by Gasteiger charge is -2.38. The molecule has 1 aromatic heterocycles. The Bertz CT molecular complexity index is 1110. The summed E-state index contributed by atoms with van der Waals surface area (Å²) in [5.74, 6) is 1.56. The van der Waals surface area contributed by atoms with Gasteiger partial charge in [-0.25, -0.2) is 4.98 Å². The van der Waals surface area contributed by atoms with Crippen molar-refractivity contribution in [2.45, 2.75) is 40.4 Å². The predicted octanol–water partition coefficient (Wildman–Crippen LogP) is 4.00. The molecule has 0 radical (unpaired) electrons. The molecule has 6 nitrogen and oxygen atoms in total. The van der Waals surface area contributed by atoms with Gasteiger partial charge in [0.05, 0.1) is 20.4 Å². The van der Waals surface area contributed by atoms with E-state index in [1.54, 1.807) is 11.7 Å². The monoisotopic (exact) mass is 404 g/mol. The van der Waals surface area contributed by atoms with Gasteiger partial charge in [0.1, 0.15) is 5.75 Å². The fourth-order valence-corrected chi connectivity index (χ4v) is 4.03. The van der Waals surface area contributed by atoms with Crippen LogP contribution in [0.15, 0.2) is 53.3 Å². The molecule has 30 heavy (non-hydrogen) atoms. The van der Waals surface area contributed by atoms with Gasteiger partial charge in [-0.05, 0) is 38.5 Å². The van der Waals surface area contributed by atoms with Crippen LogP contribution in [0.1, 0.15) is 29.3 Å². The number of para-hydroxylation sites is 1. The molecule has 0 spiro atoms. The molecule has 0 amide bonds. The first-order valence-electron chi connectivity index (χ1n) is 10.3. The van der Waals surface area contributed by atoms with Crippen LogP contribution in [-0.4, -0.2) is 28.2 Å². The Labute approximate surface area is 177 Å². The number of rotatable bonds is 5. The fraction of sp³-hybridized carbons (Fsp3) is 0.333.